The molecule has 7 heteroatoms. The monoisotopic (exact) mass is 375 g/mol. The first kappa shape index (κ1) is 16.6. The number of nitrogens with zero attached hydrogens (tertiary/aromatic N) is 2. The van der Waals surface area contributed by atoms with Crippen LogP contribution in [0.4, 0.5) is 4.79 Å². The van der Waals surface area contributed by atoms with Crippen molar-refractivity contribution in [1.82, 2.24) is 9.80 Å². The Labute approximate surface area is 155 Å². The number of nitrogens with two attached hydrogens (primary N) is 1. The normalized spacial score (nSPS) is 23.4. The summed E-state index contributed by atoms with van der Waals surface area (Å²) in [6, 6.07) is 5.88. The summed E-state index contributed by atoms with van der Waals surface area (Å²) >= 11 is 3.47. The van der Waals surface area contributed by atoms with Gasteiger partial charge in [-0.2, -0.15) is 0 Å². The van der Waals surface area contributed by atoms with Crippen LogP contribution in [0, 0.1) is 5.92 Å². The molecule has 0 spiro atoms. The molecule has 0 radical (unpaired) electrons. The molecule has 2 aliphatic rings. The summed E-state index contributed by atoms with van der Waals surface area (Å²) in [6.45, 7) is 1.84. The minimum atomic E-state index is -0.425. The molecule has 4 heterocycles. The van der Waals surface area contributed by atoms with Crippen LogP contribution in [0.25, 0.3) is 0 Å². The molecule has 3 amide bonds. The number of amides is 3. The minimum absolute atomic E-state index is 0.00598. The van der Waals surface area contributed by atoms with Crippen molar-refractivity contribution in [3.63, 3.8) is 0 Å². The van der Waals surface area contributed by atoms with Crippen LogP contribution in [0.5, 0.6) is 0 Å². The Morgan fingerprint density at radius 3 is 2.80 bits per heavy atom. The van der Waals surface area contributed by atoms with Gasteiger partial charge in [0.25, 0.3) is 0 Å². The van der Waals surface area contributed by atoms with Gasteiger partial charge in [-0.3, -0.25) is 4.79 Å². The lowest BCUT2D eigenvalue weighted by Gasteiger charge is -2.40. The van der Waals surface area contributed by atoms with Crippen LogP contribution in [0.3, 0.4) is 0 Å². The van der Waals surface area contributed by atoms with Gasteiger partial charge in [0.2, 0.25) is 5.91 Å². The van der Waals surface area contributed by atoms with Crippen molar-refractivity contribution in [1.29, 1.82) is 0 Å². The summed E-state index contributed by atoms with van der Waals surface area (Å²) in [6.07, 6.45) is 2.57. The quantitative estimate of drug-likeness (QED) is 0.876. The number of hydrogen-bond acceptors (Lipinski definition) is 4. The Bertz CT molecular complexity index is 771. The highest BCUT2D eigenvalue weighted by atomic mass is 32.1. The first-order chi connectivity index (χ1) is 12.1. The summed E-state index contributed by atoms with van der Waals surface area (Å²) in [5, 5.41) is 4.18. The SMILES string of the molecule is NC(=O)N1CCC[C@H](C(=O)N2CCc3sccc3[C@H]2c2cccs2)C1. The van der Waals surface area contributed by atoms with Crippen molar-refractivity contribution in [3.05, 3.63) is 44.3 Å². The number of rotatable bonds is 2. The van der Waals surface area contributed by atoms with E-state index >= 15 is 0 Å². The lowest BCUT2D eigenvalue weighted by atomic mass is 9.92. The van der Waals surface area contributed by atoms with Crippen LogP contribution in [0.2, 0.25) is 0 Å². The Morgan fingerprint density at radius 1 is 1.16 bits per heavy atom. The molecular formula is C18H21N3O2S2. The van der Waals surface area contributed by atoms with Gasteiger partial charge in [-0.05, 0) is 47.7 Å². The highest BCUT2D eigenvalue weighted by Gasteiger charge is 2.38. The average Bonchev–Trinajstić information content (AvgIpc) is 3.31. The number of carbonyl (C=O) groups is 2. The molecule has 0 saturated carbocycles. The molecule has 0 bridgehead atoms. The van der Waals surface area contributed by atoms with Crippen LogP contribution < -0.4 is 5.73 Å². The van der Waals surface area contributed by atoms with E-state index in [1.54, 1.807) is 27.6 Å². The smallest absolute Gasteiger partial charge is 0.314 e. The van der Waals surface area contributed by atoms with Gasteiger partial charge in [0.1, 0.15) is 0 Å². The molecule has 2 N–H and O–H groups in total. The third-order valence-corrected chi connectivity index (χ3v) is 7.07. The Balaban J connectivity index is 1.62. The molecule has 2 aromatic heterocycles. The summed E-state index contributed by atoms with van der Waals surface area (Å²) < 4.78 is 0. The van der Waals surface area contributed by atoms with E-state index in [4.69, 9.17) is 5.73 Å². The number of urea groups is 1. The number of carbonyl (C=O) groups excluding carboxylic acids is 2. The lowest BCUT2D eigenvalue weighted by molar-refractivity contribution is -0.139. The van der Waals surface area contributed by atoms with E-state index in [1.807, 2.05) is 11.0 Å². The predicted molar refractivity (Wildman–Crippen MR) is 99.8 cm³/mol. The Morgan fingerprint density at radius 2 is 2.04 bits per heavy atom. The second-order valence-electron chi connectivity index (χ2n) is 6.62. The molecule has 2 atom stereocenters. The zero-order valence-electron chi connectivity index (χ0n) is 13.9. The van der Waals surface area contributed by atoms with Gasteiger partial charge in [-0.15, -0.1) is 22.7 Å². The van der Waals surface area contributed by atoms with Crippen LogP contribution >= 0.6 is 22.7 Å². The van der Waals surface area contributed by atoms with Crippen LogP contribution in [-0.2, 0) is 11.2 Å². The van der Waals surface area contributed by atoms with E-state index in [0.29, 0.717) is 13.1 Å². The second kappa shape index (κ2) is 6.80. The molecule has 0 aromatic carbocycles. The first-order valence-electron chi connectivity index (χ1n) is 8.59. The number of fused-ring (bicyclic) bond motifs is 1. The zero-order chi connectivity index (χ0) is 17.4. The van der Waals surface area contributed by atoms with E-state index in [9.17, 15) is 9.59 Å². The third-order valence-electron chi connectivity index (χ3n) is 5.14. The highest BCUT2D eigenvalue weighted by molar-refractivity contribution is 7.10. The molecule has 132 valence electrons. The molecular weight excluding hydrogens is 354 g/mol. The van der Waals surface area contributed by atoms with Crippen molar-refractivity contribution in [2.75, 3.05) is 19.6 Å². The summed E-state index contributed by atoms with van der Waals surface area (Å²) in [7, 11) is 0. The fraction of sp³-hybridized carbons (Fsp3) is 0.444. The standard InChI is InChI=1S/C18H21N3O2S2/c19-18(23)20-7-1-3-12(11-20)17(22)21-8-5-14-13(6-10-25-14)16(21)15-4-2-9-24-15/h2,4,6,9-10,12,16H,1,3,5,7-8,11H2,(H2,19,23)/t12-,16-/m0/s1. The molecule has 5 nitrogen and oxygen atoms in total. The van der Waals surface area contributed by atoms with Gasteiger partial charge < -0.3 is 15.5 Å². The minimum Gasteiger partial charge on any atom is -0.351 e. The Hall–Kier alpha value is -1.86. The summed E-state index contributed by atoms with van der Waals surface area (Å²) in [4.78, 5) is 31.0. The zero-order valence-corrected chi connectivity index (χ0v) is 15.5. The maximum absolute atomic E-state index is 13.3. The number of piperidine rings is 1. The molecule has 0 aliphatic carbocycles. The van der Waals surface area contributed by atoms with Gasteiger partial charge in [0.05, 0.1) is 12.0 Å². The maximum Gasteiger partial charge on any atom is 0.314 e. The summed E-state index contributed by atoms with van der Waals surface area (Å²) in [5.41, 5.74) is 6.69. The van der Waals surface area contributed by atoms with E-state index in [-0.39, 0.29) is 17.9 Å². The largest absolute Gasteiger partial charge is 0.351 e. The van der Waals surface area contributed by atoms with Crippen molar-refractivity contribution in [2.45, 2.75) is 25.3 Å². The number of hydrogen-bond donors (Lipinski definition) is 1. The van der Waals surface area contributed by atoms with Crippen molar-refractivity contribution in [3.8, 4) is 0 Å². The molecule has 0 unspecified atom stereocenters. The maximum atomic E-state index is 13.3. The van der Waals surface area contributed by atoms with Gasteiger partial charge in [-0.25, -0.2) is 4.79 Å². The molecule has 1 saturated heterocycles. The number of likely N-dealkylation sites (tertiary alicyclic amines) is 1. The van der Waals surface area contributed by atoms with E-state index in [0.717, 1.165) is 25.8 Å². The van der Waals surface area contributed by atoms with E-state index in [2.05, 4.69) is 22.9 Å². The predicted octanol–water partition coefficient (Wildman–Crippen LogP) is 3.07. The molecule has 4 rings (SSSR count). The first-order valence-corrected chi connectivity index (χ1v) is 10.4. The topological polar surface area (TPSA) is 66.6 Å². The third kappa shape index (κ3) is 3.06. The highest BCUT2D eigenvalue weighted by Crippen LogP contribution is 2.40. The molecule has 25 heavy (non-hydrogen) atoms. The van der Waals surface area contributed by atoms with Crippen molar-refractivity contribution < 1.29 is 9.59 Å². The van der Waals surface area contributed by atoms with Crippen molar-refractivity contribution in [2.24, 2.45) is 11.7 Å². The van der Waals surface area contributed by atoms with Crippen molar-refractivity contribution >= 4 is 34.6 Å². The second-order valence-corrected chi connectivity index (χ2v) is 8.60. The van der Waals surface area contributed by atoms with Crippen LogP contribution in [-0.4, -0.2) is 41.4 Å². The number of primary amides is 1. The Kier molecular flexibility index (Phi) is 4.52. The van der Waals surface area contributed by atoms with Gasteiger partial charge in [0, 0.05) is 29.4 Å². The molecule has 1 fully saturated rings. The fourth-order valence-electron chi connectivity index (χ4n) is 3.92. The average molecular weight is 376 g/mol. The lowest BCUT2D eigenvalue weighted by Crippen LogP contribution is -2.50. The number of thiophene rings is 2. The van der Waals surface area contributed by atoms with Gasteiger partial charge in [-0.1, -0.05) is 6.07 Å². The van der Waals surface area contributed by atoms with Crippen LogP contribution in [0.1, 0.15) is 34.2 Å². The fourth-order valence-corrected chi connectivity index (χ4v) is 5.68. The molecule has 2 aromatic rings. The van der Waals surface area contributed by atoms with Crippen LogP contribution in [0.15, 0.2) is 29.0 Å². The van der Waals surface area contributed by atoms with E-state index < -0.39 is 6.03 Å². The summed E-state index contributed by atoms with van der Waals surface area (Å²) in [5.74, 6) is 0.00472. The van der Waals surface area contributed by atoms with E-state index in [1.165, 1.54) is 15.3 Å². The van der Waals surface area contributed by atoms with Gasteiger partial charge >= 0.3 is 6.03 Å². The van der Waals surface area contributed by atoms with Gasteiger partial charge in [0.15, 0.2) is 0 Å². The molecule has 2 aliphatic heterocycles.